The smallest absolute Gasteiger partial charge is 0.303 e. The number of rotatable bonds is 5. The van der Waals surface area contributed by atoms with E-state index in [-0.39, 0.29) is 13.2 Å². The molecule has 92 valence electrons. The van der Waals surface area contributed by atoms with Crippen molar-refractivity contribution in [3.05, 3.63) is 23.3 Å². The second-order valence-corrected chi connectivity index (χ2v) is 3.87. The van der Waals surface area contributed by atoms with Gasteiger partial charge in [0, 0.05) is 6.42 Å². The standard InChI is InChI=1S/C12H13FO4/c13-6-8-4-9(2-1-3-11(14)15)12-10(5-8)16-7-17-12/h4-5H,1-3,6-7H2,(H,14,15). The highest BCUT2D eigenvalue weighted by atomic mass is 19.1. The van der Waals surface area contributed by atoms with Crippen molar-refractivity contribution in [3.63, 3.8) is 0 Å². The Morgan fingerprint density at radius 1 is 1.41 bits per heavy atom. The number of aryl methyl sites for hydroxylation is 1. The van der Waals surface area contributed by atoms with E-state index >= 15 is 0 Å². The van der Waals surface area contributed by atoms with Gasteiger partial charge in [-0.1, -0.05) is 0 Å². The quantitative estimate of drug-likeness (QED) is 0.857. The van der Waals surface area contributed by atoms with E-state index in [4.69, 9.17) is 14.6 Å². The first-order valence-corrected chi connectivity index (χ1v) is 5.40. The van der Waals surface area contributed by atoms with Crippen LogP contribution in [0.3, 0.4) is 0 Å². The molecule has 0 aliphatic carbocycles. The lowest BCUT2D eigenvalue weighted by Crippen LogP contribution is -1.98. The molecule has 0 fully saturated rings. The van der Waals surface area contributed by atoms with Gasteiger partial charge < -0.3 is 14.6 Å². The average Bonchev–Trinajstić information content (AvgIpc) is 2.76. The van der Waals surface area contributed by atoms with Gasteiger partial charge in [0.25, 0.3) is 0 Å². The van der Waals surface area contributed by atoms with Crippen molar-refractivity contribution in [3.8, 4) is 11.5 Å². The minimum absolute atomic E-state index is 0.0927. The summed E-state index contributed by atoms with van der Waals surface area (Å²) in [4.78, 5) is 10.4. The van der Waals surface area contributed by atoms with E-state index in [0.29, 0.717) is 29.9 Å². The number of aliphatic carboxylic acids is 1. The largest absolute Gasteiger partial charge is 0.481 e. The molecule has 1 aromatic carbocycles. The first kappa shape index (κ1) is 11.7. The van der Waals surface area contributed by atoms with Crippen LogP contribution >= 0.6 is 0 Å². The summed E-state index contributed by atoms with van der Waals surface area (Å²) in [7, 11) is 0. The molecular weight excluding hydrogens is 227 g/mol. The molecule has 5 heteroatoms. The molecule has 1 N–H and O–H groups in total. The monoisotopic (exact) mass is 240 g/mol. The van der Waals surface area contributed by atoms with Crippen LogP contribution in [0.2, 0.25) is 0 Å². The molecule has 0 unspecified atom stereocenters. The first-order valence-electron chi connectivity index (χ1n) is 5.40. The van der Waals surface area contributed by atoms with Crippen molar-refractivity contribution in [1.82, 2.24) is 0 Å². The highest BCUT2D eigenvalue weighted by molar-refractivity contribution is 5.66. The van der Waals surface area contributed by atoms with Gasteiger partial charge >= 0.3 is 5.97 Å². The van der Waals surface area contributed by atoms with Gasteiger partial charge in [0.05, 0.1) is 0 Å². The summed E-state index contributed by atoms with van der Waals surface area (Å²) in [5, 5.41) is 8.57. The Morgan fingerprint density at radius 2 is 2.24 bits per heavy atom. The minimum atomic E-state index is -0.833. The van der Waals surface area contributed by atoms with E-state index in [9.17, 15) is 9.18 Å². The zero-order valence-corrected chi connectivity index (χ0v) is 9.24. The minimum Gasteiger partial charge on any atom is -0.481 e. The third-order valence-corrected chi connectivity index (χ3v) is 2.60. The first-order chi connectivity index (χ1) is 8.20. The molecule has 0 bridgehead atoms. The van der Waals surface area contributed by atoms with Crippen molar-refractivity contribution in [2.45, 2.75) is 25.9 Å². The number of alkyl halides is 1. The molecule has 0 amide bonds. The van der Waals surface area contributed by atoms with Crippen LogP contribution in [0.5, 0.6) is 11.5 Å². The Kier molecular flexibility index (Phi) is 3.46. The zero-order chi connectivity index (χ0) is 12.3. The molecule has 1 aliphatic heterocycles. The van der Waals surface area contributed by atoms with Crippen LogP contribution in [0.15, 0.2) is 12.1 Å². The SMILES string of the molecule is O=C(O)CCCc1cc(CF)cc2c1OCO2. The van der Waals surface area contributed by atoms with Crippen molar-refractivity contribution in [2.24, 2.45) is 0 Å². The number of carboxylic acids is 1. The summed E-state index contributed by atoms with van der Waals surface area (Å²) in [6.07, 6.45) is 1.14. The summed E-state index contributed by atoms with van der Waals surface area (Å²) in [5.74, 6) is 0.332. The van der Waals surface area contributed by atoms with Crippen molar-refractivity contribution >= 4 is 5.97 Å². The van der Waals surface area contributed by atoms with Gasteiger partial charge in [-0.2, -0.15) is 0 Å². The van der Waals surface area contributed by atoms with Crippen LogP contribution in [0.4, 0.5) is 4.39 Å². The Hall–Kier alpha value is -1.78. The number of hydrogen-bond donors (Lipinski definition) is 1. The number of fused-ring (bicyclic) bond motifs is 1. The lowest BCUT2D eigenvalue weighted by molar-refractivity contribution is -0.137. The predicted octanol–water partition coefficient (Wildman–Crippen LogP) is 2.29. The van der Waals surface area contributed by atoms with Crippen LogP contribution in [-0.2, 0) is 17.9 Å². The summed E-state index contributed by atoms with van der Waals surface area (Å²) in [5.41, 5.74) is 1.34. The number of carboxylic acid groups (broad SMARTS) is 1. The van der Waals surface area contributed by atoms with Gasteiger partial charge in [0.1, 0.15) is 6.67 Å². The second-order valence-electron chi connectivity index (χ2n) is 3.87. The van der Waals surface area contributed by atoms with Crippen LogP contribution < -0.4 is 9.47 Å². The second kappa shape index (κ2) is 5.03. The molecule has 0 saturated carbocycles. The average molecular weight is 240 g/mol. The Labute approximate surface area is 98.0 Å². The molecule has 0 atom stereocenters. The molecule has 1 heterocycles. The van der Waals surface area contributed by atoms with E-state index in [1.807, 2.05) is 0 Å². The lowest BCUT2D eigenvalue weighted by Gasteiger charge is -2.07. The van der Waals surface area contributed by atoms with Gasteiger partial charge in [0.15, 0.2) is 11.5 Å². The Balaban J connectivity index is 2.14. The maximum atomic E-state index is 12.6. The molecule has 0 saturated heterocycles. The maximum absolute atomic E-state index is 12.6. The van der Waals surface area contributed by atoms with Crippen LogP contribution in [-0.4, -0.2) is 17.9 Å². The molecular formula is C12H13FO4. The fraction of sp³-hybridized carbons (Fsp3) is 0.417. The number of benzene rings is 1. The Bertz CT molecular complexity index is 431. The predicted molar refractivity (Wildman–Crippen MR) is 58.0 cm³/mol. The number of halogens is 1. The fourth-order valence-electron chi connectivity index (χ4n) is 1.84. The fourth-order valence-corrected chi connectivity index (χ4v) is 1.84. The number of ether oxygens (including phenoxy) is 2. The molecule has 4 nitrogen and oxygen atoms in total. The lowest BCUT2D eigenvalue weighted by atomic mass is 10.0. The summed E-state index contributed by atoms with van der Waals surface area (Å²) in [6, 6.07) is 3.32. The van der Waals surface area contributed by atoms with Gasteiger partial charge in [-0.15, -0.1) is 0 Å². The number of carbonyl (C=O) groups is 1. The normalized spacial score (nSPS) is 12.8. The highest BCUT2D eigenvalue weighted by Gasteiger charge is 2.19. The van der Waals surface area contributed by atoms with Gasteiger partial charge in [-0.3, -0.25) is 4.79 Å². The van der Waals surface area contributed by atoms with Gasteiger partial charge in [-0.05, 0) is 36.1 Å². The zero-order valence-electron chi connectivity index (χ0n) is 9.24. The molecule has 0 spiro atoms. The molecule has 17 heavy (non-hydrogen) atoms. The van der Waals surface area contributed by atoms with E-state index in [2.05, 4.69) is 0 Å². The van der Waals surface area contributed by atoms with Crippen LogP contribution in [0.1, 0.15) is 24.0 Å². The maximum Gasteiger partial charge on any atom is 0.303 e. The van der Waals surface area contributed by atoms with Crippen LogP contribution in [0, 0.1) is 0 Å². The molecule has 0 radical (unpaired) electrons. The Morgan fingerprint density at radius 3 is 2.94 bits per heavy atom. The van der Waals surface area contributed by atoms with E-state index in [1.54, 1.807) is 12.1 Å². The molecule has 1 aliphatic rings. The highest BCUT2D eigenvalue weighted by Crippen LogP contribution is 2.37. The third kappa shape index (κ3) is 2.67. The van der Waals surface area contributed by atoms with Gasteiger partial charge in [0.2, 0.25) is 6.79 Å². The third-order valence-electron chi connectivity index (χ3n) is 2.60. The van der Waals surface area contributed by atoms with E-state index < -0.39 is 12.6 Å². The molecule has 1 aromatic rings. The van der Waals surface area contributed by atoms with Crippen molar-refractivity contribution < 1.29 is 23.8 Å². The van der Waals surface area contributed by atoms with Gasteiger partial charge in [-0.25, -0.2) is 4.39 Å². The number of hydrogen-bond acceptors (Lipinski definition) is 3. The van der Waals surface area contributed by atoms with Crippen molar-refractivity contribution in [2.75, 3.05) is 6.79 Å². The molecule has 2 rings (SSSR count). The summed E-state index contributed by atoms with van der Waals surface area (Å²) in [6.45, 7) is -0.431. The van der Waals surface area contributed by atoms with Crippen molar-refractivity contribution in [1.29, 1.82) is 0 Å². The summed E-state index contributed by atoms with van der Waals surface area (Å²) >= 11 is 0. The van der Waals surface area contributed by atoms with E-state index in [1.165, 1.54) is 0 Å². The van der Waals surface area contributed by atoms with Crippen LogP contribution in [0.25, 0.3) is 0 Å². The molecule has 0 aromatic heterocycles. The topological polar surface area (TPSA) is 55.8 Å². The summed E-state index contributed by atoms with van der Waals surface area (Å²) < 4.78 is 23.1. The van der Waals surface area contributed by atoms with E-state index in [0.717, 1.165) is 5.56 Å².